The van der Waals surface area contributed by atoms with Crippen LogP contribution in [-0.2, 0) is 0 Å². The molecule has 1 unspecified atom stereocenters. The zero-order valence-electron chi connectivity index (χ0n) is 11.4. The zero-order chi connectivity index (χ0) is 13.2. The molecule has 0 fully saturated rings. The molecule has 0 spiro atoms. The molecule has 0 radical (unpaired) electrons. The summed E-state index contributed by atoms with van der Waals surface area (Å²) in [6.45, 7) is 5.83. The van der Waals surface area contributed by atoms with E-state index in [0.29, 0.717) is 12.5 Å². The summed E-state index contributed by atoms with van der Waals surface area (Å²) in [4.78, 5) is 4.29. The molecular weight excluding hydrogens is 228 g/mol. The molecule has 0 saturated heterocycles. The summed E-state index contributed by atoms with van der Waals surface area (Å²) in [5.41, 5.74) is 0. The van der Waals surface area contributed by atoms with E-state index in [1.165, 1.54) is 0 Å². The van der Waals surface area contributed by atoms with Crippen molar-refractivity contribution < 1.29 is 9.84 Å². The highest BCUT2D eigenvalue weighted by atomic mass is 16.5. The van der Waals surface area contributed by atoms with Gasteiger partial charge >= 0.3 is 0 Å². The Morgan fingerprint density at radius 2 is 2.22 bits per heavy atom. The Kier molecular flexibility index (Phi) is 7.18. The average molecular weight is 252 g/mol. The average Bonchev–Trinajstić information content (AvgIpc) is 2.38. The molecule has 0 aromatic carbocycles. The quantitative estimate of drug-likeness (QED) is 0.709. The highest BCUT2D eigenvalue weighted by Crippen LogP contribution is 2.22. The van der Waals surface area contributed by atoms with Gasteiger partial charge in [-0.3, -0.25) is 0 Å². The van der Waals surface area contributed by atoms with Crippen molar-refractivity contribution in [1.82, 2.24) is 4.98 Å². The van der Waals surface area contributed by atoms with E-state index in [2.05, 4.69) is 17.2 Å². The van der Waals surface area contributed by atoms with Crippen LogP contribution in [0.2, 0.25) is 0 Å². The predicted octanol–water partition coefficient (Wildman–Crippen LogP) is 2.69. The Bertz CT molecular complexity index is 325. The number of hydrogen-bond acceptors (Lipinski definition) is 4. The summed E-state index contributed by atoms with van der Waals surface area (Å²) in [7, 11) is 0. The van der Waals surface area contributed by atoms with Crippen molar-refractivity contribution in [3.8, 4) is 5.75 Å². The summed E-state index contributed by atoms with van der Waals surface area (Å²) in [6, 6.07) is 3.78. The molecule has 1 rings (SSSR count). The van der Waals surface area contributed by atoms with Gasteiger partial charge in [0.2, 0.25) is 0 Å². The Hall–Kier alpha value is -1.29. The maximum absolute atomic E-state index is 9.03. The Morgan fingerprint density at radius 3 is 2.89 bits per heavy atom. The lowest BCUT2D eigenvalue weighted by Crippen LogP contribution is -2.16. The first-order valence-corrected chi connectivity index (χ1v) is 6.74. The van der Waals surface area contributed by atoms with E-state index in [0.717, 1.165) is 37.4 Å². The summed E-state index contributed by atoms with van der Waals surface area (Å²) in [5.74, 6) is 2.06. The molecule has 0 saturated carbocycles. The van der Waals surface area contributed by atoms with E-state index in [-0.39, 0.29) is 6.61 Å². The number of aliphatic hydroxyl groups is 1. The fourth-order valence-corrected chi connectivity index (χ4v) is 1.98. The lowest BCUT2D eigenvalue weighted by atomic mass is 10.0. The highest BCUT2D eigenvalue weighted by Gasteiger charge is 2.09. The van der Waals surface area contributed by atoms with Crippen LogP contribution < -0.4 is 10.1 Å². The number of aromatic nitrogens is 1. The fourth-order valence-electron chi connectivity index (χ4n) is 1.98. The van der Waals surface area contributed by atoms with Crippen molar-refractivity contribution in [3.63, 3.8) is 0 Å². The third kappa shape index (κ3) is 4.92. The van der Waals surface area contributed by atoms with Crippen LogP contribution in [0.1, 0.15) is 33.1 Å². The number of rotatable bonds is 9. The Morgan fingerprint density at radius 1 is 1.39 bits per heavy atom. The number of nitrogens with one attached hydrogen (secondary N) is 1. The van der Waals surface area contributed by atoms with Gasteiger partial charge in [-0.25, -0.2) is 4.98 Å². The van der Waals surface area contributed by atoms with Gasteiger partial charge in [0.15, 0.2) is 11.6 Å². The van der Waals surface area contributed by atoms with Gasteiger partial charge in [0.25, 0.3) is 0 Å². The minimum Gasteiger partial charge on any atom is -0.490 e. The van der Waals surface area contributed by atoms with Gasteiger partial charge in [0, 0.05) is 19.3 Å². The molecule has 0 bridgehead atoms. The zero-order valence-corrected chi connectivity index (χ0v) is 11.4. The van der Waals surface area contributed by atoms with Gasteiger partial charge < -0.3 is 15.2 Å². The Balaban J connectivity index is 2.54. The molecule has 0 aliphatic carbocycles. The third-order valence-corrected chi connectivity index (χ3v) is 2.86. The Labute approximate surface area is 109 Å². The van der Waals surface area contributed by atoms with E-state index >= 15 is 0 Å². The lowest BCUT2D eigenvalue weighted by molar-refractivity contribution is 0.255. The van der Waals surface area contributed by atoms with Gasteiger partial charge in [-0.2, -0.15) is 0 Å². The maximum atomic E-state index is 9.03. The first kappa shape index (κ1) is 14.8. The van der Waals surface area contributed by atoms with E-state index in [1.807, 2.05) is 19.1 Å². The van der Waals surface area contributed by atoms with Crippen molar-refractivity contribution in [3.05, 3.63) is 18.3 Å². The van der Waals surface area contributed by atoms with Gasteiger partial charge in [-0.05, 0) is 37.8 Å². The molecule has 1 aromatic heterocycles. The molecule has 4 heteroatoms. The molecule has 0 amide bonds. The molecule has 1 aromatic rings. The number of aliphatic hydroxyl groups excluding tert-OH is 1. The topological polar surface area (TPSA) is 54.4 Å². The molecule has 0 aliphatic rings. The monoisotopic (exact) mass is 252 g/mol. The van der Waals surface area contributed by atoms with Crippen LogP contribution in [0.15, 0.2) is 18.3 Å². The second-order valence-corrected chi connectivity index (χ2v) is 4.33. The van der Waals surface area contributed by atoms with Crippen molar-refractivity contribution in [2.24, 2.45) is 5.92 Å². The van der Waals surface area contributed by atoms with E-state index < -0.39 is 0 Å². The van der Waals surface area contributed by atoms with Crippen molar-refractivity contribution >= 4 is 5.82 Å². The maximum Gasteiger partial charge on any atom is 0.168 e. The van der Waals surface area contributed by atoms with Crippen LogP contribution >= 0.6 is 0 Å². The highest BCUT2D eigenvalue weighted by molar-refractivity contribution is 5.49. The van der Waals surface area contributed by atoms with E-state index in [1.54, 1.807) is 6.20 Å². The molecule has 1 heterocycles. The van der Waals surface area contributed by atoms with Gasteiger partial charge in [0.1, 0.15) is 0 Å². The summed E-state index contributed by atoms with van der Waals surface area (Å²) < 4.78 is 5.51. The predicted molar refractivity (Wildman–Crippen MR) is 74.0 cm³/mol. The first-order chi connectivity index (χ1) is 8.81. The second kappa shape index (κ2) is 8.75. The van der Waals surface area contributed by atoms with Crippen LogP contribution in [0.5, 0.6) is 5.75 Å². The van der Waals surface area contributed by atoms with Crippen LogP contribution in [-0.4, -0.2) is 29.8 Å². The van der Waals surface area contributed by atoms with Crippen molar-refractivity contribution in [1.29, 1.82) is 0 Å². The molecule has 4 nitrogen and oxygen atoms in total. The largest absolute Gasteiger partial charge is 0.490 e. The summed E-state index contributed by atoms with van der Waals surface area (Å²) in [5, 5.41) is 12.4. The number of pyridine rings is 1. The van der Waals surface area contributed by atoms with Crippen LogP contribution in [0.25, 0.3) is 0 Å². The molecule has 102 valence electrons. The molecular formula is C14H24N2O2. The summed E-state index contributed by atoms with van der Waals surface area (Å²) >= 11 is 0. The van der Waals surface area contributed by atoms with Gasteiger partial charge in [0.05, 0.1) is 6.61 Å². The fraction of sp³-hybridized carbons (Fsp3) is 0.643. The van der Waals surface area contributed by atoms with Gasteiger partial charge in [-0.1, -0.05) is 13.3 Å². The normalized spacial score (nSPS) is 12.2. The minimum absolute atomic E-state index is 0.243. The number of anilines is 1. The van der Waals surface area contributed by atoms with Crippen LogP contribution in [0.3, 0.4) is 0 Å². The smallest absolute Gasteiger partial charge is 0.168 e. The van der Waals surface area contributed by atoms with Crippen LogP contribution in [0.4, 0.5) is 5.82 Å². The minimum atomic E-state index is 0.243. The standard InChI is InChI=1S/C14H24N2O2/c1-3-6-12(8-10-17)11-16-14-13(18-4-2)7-5-9-15-14/h5,7,9,12,17H,3-4,6,8,10-11H2,1-2H3,(H,15,16). The van der Waals surface area contributed by atoms with E-state index in [9.17, 15) is 0 Å². The summed E-state index contributed by atoms with van der Waals surface area (Å²) in [6.07, 6.45) is 4.83. The van der Waals surface area contributed by atoms with Gasteiger partial charge in [-0.15, -0.1) is 0 Å². The van der Waals surface area contributed by atoms with Crippen molar-refractivity contribution in [2.45, 2.75) is 33.1 Å². The third-order valence-electron chi connectivity index (χ3n) is 2.86. The molecule has 18 heavy (non-hydrogen) atoms. The second-order valence-electron chi connectivity index (χ2n) is 4.33. The molecule has 1 atom stereocenters. The molecule has 2 N–H and O–H groups in total. The number of hydrogen-bond donors (Lipinski definition) is 2. The SMILES string of the molecule is CCCC(CCO)CNc1ncccc1OCC. The number of ether oxygens (including phenoxy) is 1. The van der Waals surface area contributed by atoms with Crippen LogP contribution in [0, 0.1) is 5.92 Å². The molecule has 0 aliphatic heterocycles. The van der Waals surface area contributed by atoms with Crippen molar-refractivity contribution in [2.75, 3.05) is 25.1 Å². The van der Waals surface area contributed by atoms with E-state index in [4.69, 9.17) is 9.84 Å². The lowest BCUT2D eigenvalue weighted by Gasteiger charge is -2.17. The number of nitrogens with zero attached hydrogens (tertiary/aromatic N) is 1. The first-order valence-electron chi connectivity index (χ1n) is 6.74.